The molecule has 0 saturated heterocycles. The third-order valence-electron chi connectivity index (χ3n) is 5.77. The van der Waals surface area contributed by atoms with Crippen molar-refractivity contribution in [2.75, 3.05) is 7.11 Å². The molecular formula is C26H21F3N2O5S. The van der Waals surface area contributed by atoms with Gasteiger partial charge in [0, 0.05) is 10.9 Å². The van der Waals surface area contributed by atoms with Gasteiger partial charge in [0.2, 0.25) is 5.78 Å². The number of para-hydroxylation sites is 1. The largest absolute Gasteiger partial charge is 0.497 e. The molecule has 0 aliphatic rings. The summed E-state index contributed by atoms with van der Waals surface area (Å²) in [5.74, 6) is -2.21. The highest BCUT2D eigenvalue weighted by Gasteiger charge is 2.39. The molecule has 1 aromatic heterocycles. The van der Waals surface area contributed by atoms with E-state index in [9.17, 15) is 31.2 Å². The lowest BCUT2D eigenvalue weighted by molar-refractivity contribution is -0.174. The first-order chi connectivity index (χ1) is 17.4. The standard InChI is InChI=1S/C26H21F3N2O5S/c1-16(30-25(33)26(27,28)29)17-7-9-18(10-8-17)24(32)23-15-19-5-3-4-6-22(19)31(23)37(34,35)21-13-11-20(36-2)12-14-21/h3-16H,1-2H3,(H,30,33)/t16-/m0/s1. The average Bonchev–Trinajstić information content (AvgIpc) is 3.28. The molecule has 4 rings (SSSR count). The third-order valence-corrected chi connectivity index (χ3v) is 7.52. The van der Waals surface area contributed by atoms with Crippen LogP contribution < -0.4 is 10.1 Å². The molecule has 3 aromatic carbocycles. The maximum Gasteiger partial charge on any atom is 0.471 e. The van der Waals surface area contributed by atoms with Gasteiger partial charge in [-0.15, -0.1) is 0 Å². The smallest absolute Gasteiger partial charge is 0.471 e. The van der Waals surface area contributed by atoms with Crippen LogP contribution in [0.3, 0.4) is 0 Å². The summed E-state index contributed by atoms with van der Waals surface area (Å²) in [6.45, 7) is 1.37. The van der Waals surface area contributed by atoms with Crippen LogP contribution in [0.15, 0.2) is 83.8 Å². The van der Waals surface area contributed by atoms with E-state index in [0.717, 1.165) is 3.97 Å². The molecule has 192 valence electrons. The fourth-order valence-corrected chi connectivity index (χ4v) is 5.34. The van der Waals surface area contributed by atoms with Gasteiger partial charge in [0.1, 0.15) is 11.4 Å². The second-order valence-electron chi connectivity index (χ2n) is 8.18. The summed E-state index contributed by atoms with van der Waals surface area (Å²) in [5, 5.41) is 2.38. The number of ketones is 1. The van der Waals surface area contributed by atoms with Gasteiger partial charge in [0.15, 0.2) is 0 Å². The Morgan fingerprint density at radius 2 is 1.57 bits per heavy atom. The number of nitrogens with zero attached hydrogens (tertiary/aromatic N) is 1. The molecule has 7 nitrogen and oxygen atoms in total. The van der Waals surface area contributed by atoms with Crippen LogP contribution in [-0.4, -0.2) is 37.4 Å². The summed E-state index contributed by atoms with van der Waals surface area (Å²) in [6, 6.07) is 18.4. The van der Waals surface area contributed by atoms with Crippen LogP contribution in [-0.2, 0) is 14.8 Å². The molecule has 0 unspecified atom stereocenters. The molecule has 1 amide bonds. The Kier molecular flexibility index (Phi) is 6.83. The molecule has 11 heteroatoms. The van der Waals surface area contributed by atoms with Crippen molar-refractivity contribution in [2.45, 2.75) is 24.0 Å². The number of nitrogens with one attached hydrogen (secondary N) is 1. The quantitative estimate of drug-likeness (QED) is 0.345. The van der Waals surface area contributed by atoms with Gasteiger partial charge in [0.25, 0.3) is 10.0 Å². The molecule has 1 heterocycles. The lowest BCUT2D eigenvalue weighted by Gasteiger charge is -2.16. The zero-order valence-electron chi connectivity index (χ0n) is 19.6. The van der Waals surface area contributed by atoms with E-state index in [0.29, 0.717) is 22.2 Å². The monoisotopic (exact) mass is 530 g/mol. The number of aromatic nitrogens is 1. The molecule has 0 saturated carbocycles. The molecule has 0 aliphatic heterocycles. The van der Waals surface area contributed by atoms with Gasteiger partial charge in [-0.05, 0) is 48.9 Å². The number of benzene rings is 3. The van der Waals surface area contributed by atoms with Crippen molar-refractivity contribution < 1.29 is 35.9 Å². The Balaban J connectivity index is 1.72. The highest BCUT2D eigenvalue weighted by atomic mass is 32.2. The topological polar surface area (TPSA) is 94.5 Å². The maximum absolute atomic E-state index is 13.6. The summed E-state index contributed by atoms with van der Waals surface area (Å²) >= 11 is 0. The van der Waals surface area contributed by atoms with E-state index in [-0.39, 0.29) is 16.2 Å². The minimum absolute atomic E-state index is 0.0479. The van der Waals surface area contributed by atoms with Gasteiger partial charge < -0.3 is 10.1 Å². The lowest BCUT2D eigenvalue weighted by Crippen LogP contribution is -2.38. The number of halogens is 3. The van der Waals surface area contributed by atoms with Gasteiger partial charge in [-0.25, -0.2) is 12.4 Å². The van der Waals surface area contributed by atoms with Crippen molar-refractivity contribution in [3.63, 3.8) is 0 Å². The molecule has 0 fully saturated rings. The molecule has 1 atom stereocenters. The fourth-order valence-electron chi connectivity index (χ4n) is 3.83. The van der Waals surface area contributed by atoms with Crippen LogP contribution in [0.25, 0.3) is 10.9 Å². The molecule has 0 aliphatic carbocycles. The number of hydrogen-bond acceptors (Lipinski definition) is 5. The van der Waals surface area contributed by atoms with Gasteiger partial charge in [-0.1, -0.05) is 42.5 Å². The van der Waals surface area contributed by atoms with Crippen molar-refractivity contribution in [3.05, 3.63) is 95.7 Å². The Morgan fingerprint density at radius 3 is 2.16 bits per heavy atom. The molecule has 4 aromatic rings. The normalized spacial score (nSPS) is 12.8. The van der Waals surface area contributed by atoms with E-state index < -0.39 is 33.9 Å². The first kappa shape index (κ1) is 26.0. The van der Waals surface area contributed by atoms with E-state index in [1.807, 2.05) is 5.32 Å². The third kappa shape index (κ3) is 5.08. The maximum atomic E-state index is 13.6. The van der Waals surface area contributed by atoms with Crippen molar-refractivity contribution >= 4 is 32.6 Å². The first-order valence-electron chi connectivity index (χ1n) is 11.0. The summed E-state index contributed by atoms with van der Waals surface area (Å²) in [6.07, 6.45) is -5.02. The predicted octanol–water partition coefficient (Wildman–Crippen LogP) is 4.86. The Labute approximate surface area is 210 Å². The minimum Gasteiger partial charge on any atom is -0.497 e. The lowest BCUT2D eigenvalue weighted by atomic mass is 10.0. The zero-order valence-corrected chi connectivity index (χ0v) is 20.4. The SMILES string of the molecule is COc1ccc(S(=O)(=O)n2c(C(=O)c3ccc([C@H](C)NC(=O)C(F)(F)F)cc3)cc3ccccc32)cc1. The van der Waals surface area contributed by atoms with Gasteiger partial charge >= 0.3 is 12.1 Å². The number of carbonyl (C=O) groups is 2. The highest BCUT2D eigenvalue weighted by molar-refractivity contribution is 7.90. The van der Waals surface area contributed by atoms with Crippen LogP contribution in [0, 0.1) is 0 Å². The summed E-state index contributed by atoms with van der Waals surface area (Å²) in [5.41, 5.74) is 0.651. The Morgan fingerprint density at radius 1 is 0.946 bits per heavy atom. The number of methoxy groups -OCH3 is 1. The van der Waals surface area contributed by atoms with E-state index >= 15 is 0 Å². The molecule has 0 radical (unpaired) electrons. The number of rotatable bonds is 7. The predicted molar refractivity (Wildman–Crippen MR) is 130 cm³/mol. The second-order valence-corrected chi connectivity index (χ2v) is 9.96. The zero-order chi connectivity index (χ0) is 27.0. The van der Waals surface area contributed by atoms with Crippen molar-refractivity contribution in [1.29, 1.82) is 0 Å². The van der Waals surface area contributed by atoms with Crippen LogP contribution in [0.2, 0.25) is 0 Å². The van der Waals surface area contributed by atoms with E-state index in [4.69, 9.17) is 4.74 Å². The van der Waals surface area contributed by atoms with Crippen LogP contribution >= 0.6 is 0 Å². The first-order valence-corrected chi connectivity index (χ1v) is 12.4. The molecule has 1 N–H and O–H groups in total. The van der Waals surface area contributed by atoms with E-state index in [1.165, 1.54) is 68.6 Å². The van der Waals surface area contributed by atoms with Crippen molar-refractivity contribution in [3.8, 4) is 5.75 Å². The number of amides is 1. The summed E-state index contributed by atoms with van der Waals surface area (Å²) < 4.78 is 71.0. The molecular weight excluding hydrogens is 509 g/mol. The van der Waals surface area contributed by atoms with Crippen LogP contribution in [0.5, 0.6) is 5.75 Å². The van der Waals surface area contributed by atoms with Gasteiger partial charge in [-0.3, -0.25) is 9.59 Å². The van der Waals surface area contributed by atoms with Crippen LogP contribution in [0.1, 0.15) is 34.6 Å². The van der Waals surface area contributed by atoms with Crippen LogP contribution in [0.4, 0.5) is 13.2 Å². The van der Waals surface area contributed by atoms with E-state index in [1.54, 1.807) is 24.3 Å². The van der Waals surface area contributed by atoms with E-state index in [2.05, 4.69) is 0 Å². The van der Waals surface area contributed by atoms with Gasteiger partial charge in [-0.2, -0.15) is 13.2 Å². The number of hydrogen-bond donors (Lipinski definition) is 1. The molecule has 0 bridgehead atoms. The average molecular weight is 531 g/mol. The number of fused-ring (bicyclic) bond motifs is 1. The van der Waals surface area contributed by atoms with Gasteiger partial charge in [0.05, 0.1) is 23.6 Å². The molecule has 37 heavy (non-hydrogen) atoms. The summed E-state index contributed by atoms with van der Waals surface area (Å²) in [4.78, 5) is 24.7. The number of ether oxygens (including phenoxy) is 1. The number of alkyl halides is 3. The summed E-state index contributed by atoms with van der Waals surface area (Å²) in [7, 11) is -2.74. The number of carbonyl (C=O) groups excluding carboxylic acids is 2. The fraction of sp³-hybridized carbons (Fsp3) is 0.154. The minimum atomic E-state index is -5.02. The highest BCUT2D eigenvalue weighted by Crippen LogP contribution is 2.29. The molecule has 0 spiro atoms. The van der Waals surface area contributed by atoms with Crippen molar-refractivity contribution in [2.24, 2.45) is 0 Å². The Hall–Kier alpha value is -4.12. The van der Waals surface area contributed by atoms with Crippen molar-refractivity contribution in [1.82, 2.24) is 9.29 Å². The Bertz CT molecular complexity index is 1580. The second kappa shape index (κ2) is 9.74.